The topological polar surface area (TPSA) is 0 Å². The summed E-state index contributed by atoms with van der Waals surface area (Å²) in [5, 5.41) is 8.66. The molecule has 0 spiro atoms. The summed E-state index contributed by atoms with van der Waals surface area (Å²) in [6.07, 6.45) is 33.5. The molecule has 1 aliphatic rings. The van der Waals surface area contributed by atoms with Crippen molar-refractivity contribution in [3.63, 3.8) is 0 Å². The van der Waals surface area contributed by atoms with Crippen molar-refractivity contribution in [2.24, 2.45) is 0 Å². The summed E-state index contributed by atoms with van der Waals surface area (Å²) in [7, 11) is 0. The van der Waals surface area contributed by atoms with Crippen LogP contribution in [0.25, 0.3) is 43.1 Å². The maximum atomic E-state index is 3.75. The van der Waals surface area contributed by atoms with Crippen LogP contribution in [0.1, 0.15) is 271 Å². The van der Waals surface area contributed by atoms with E-state index in [2.05, 4.69) is 292 Å². The Hall–Kier alpha value is -10.3. The van der Waals surface area contributed by atoms with Crippen molar-refractivity contribution in [1.29, 1.82) is 0 Å². The van der Waals surface area contributed by atoms with Gasteiger partial charge in [0.2, 0.25) is 0 Å². The number of rotatable bonds is 28. The minimum atomic E-state index is 0.922. The van der Waals surface area contributed by atoms with E-state index < -0.39 is 0 Å². The highest BCUT2D eigenvalue weighted by molar-refractivity contribution is 6.11. The lowest BCUT2D eigenvalue weighted by Gasteiger charge is -2.11. The molecular weight excluding hydrogens is 1200 g/mol. The van der Waals surface area contributed by atoms with Crippen molar-refractivity contribution >= 4 is 43.1 Å². The summed E-state index contributed by atoms with van der Waals surface area (Å²) >= 11 is 0. The monoisotopic (exact) mass is 1300 g/mol. The van der Waals surface area contributed by atoms with E-state index in [4.69, 9.17) is 0 Å². The van der Waals surface area contributed by atoms with E-state index in [-0.39, 0.29) is 0 Å². The fourth-order valence-corrected chi connectivity index (χ4v) is 14.1. The van der Waals surface area contributed by atoms with Crippen LogP contribution in [0.5, 0.6) is 0 Å². The number of hydrogen-bond acceptors (Lipinski definition) is 0. The quantitative estimate of drug-likeness (QED) is 0.0260. The zero-order valence-corrected chi connectivity index (χ0v) is 60.0. The first-order chi connectivity index (χ1) is 49.4. The van der Waals surface area contributed by atoms with E-state index in [1.54, 1.807) is 0 Å². The summed E-state index contributed by atoms with van der Waals surface area (Å²) in [6.45, 7) is 9.12. The minimum Gasteiger partial charge on any atom is -0.0654 e. The first-order valence-electron chi connectivity index (χ1n) is 38.0. The first kappa shape index (κ1) is 71.0. The highest BCUT2D eigenvalue weighted by atomic mass is 14.2. The Labute approximate surface area is 600 Å². The average molecular weight is 1300 g/mol. The van der Waals surface area contributed by atoms with Gasteiger partial charge in [0.1, 0.15) is 0 Å². The first-order valence-corrected chi connectivity index (χ1v) is 38.0. The third-order valence-electron chi connectivity index (χ3n) is 19.4. The van der Waals surface area contributed by atoms with Crippen LogP contribution in [0.15, 0.2) is 170 Å². The van der Waals surface area contributed by atoms with Crippen LogP contribution in [0.4, 0.5) is 0 Å². The maximum absolute atomic E-state index is 3.75. The third-order valence-corrected chi connectivity index (χ3v) is 19.4. The SMILES string of the molecule is CCCCCCCCc1cc2cc(c1)C#Cc1c3ccccc3c(c3ccccc13)C#Cc1cc(cc(CCCCCCCC)c1)C#CC#Cc1cc(cc(CCCCCCCC)c1)C#Cc1c3ccccc3c(c3ccccc13)C#Cc1cc(cc(CCCCCCCC)c1)C#CC#C2. The van der Waals surface area contributed by atoms with Crippen LogP contribution in [0.3, 0.4) is 0 Å². The molecule has 0 fully saturated rings. The Balaban J connectivity index is 1.07. The molecule has 10 aromatic carbocycles. The average Bonchev–Trinajstić information content (AvgIpc) is 0.762. The van der Waals surface area contributed by atoms with Gasteiger partial charge in [0.15, 0.2) is 0 Å². The molecule has 0 aromatic heterocycles. The largest absolute Gasteiger partial charge is 0.0654 e. The summed E-state index contributed by atoms with van der Waals surface area (Å²) < 4.78 is 0. The van der Waals surface area contributed by atoms with Gasteiger partial charge in [-0.15, -0.1) is 0 Å². The van der Waals surface area contributed by atoms with Crippen LogP contribution in [-0.4, -0.2) is 0 Å². The standard InChI is InChI=1S/C100H96/c1-5-9-13-17-21-25-41-77-65-81-45-29-30-46-82-66-78(42-26-22-18-14-10-6-2)70-86(74-82)59-63-99-93-53-37-39-55-95(93)100(96-56-40-38-54-94(96)99)64-60-88-72-80(44-28-24-20-16-12-8-4)68-84(76-88)48-32-31-47-83-67-79(43-27-23-19-15-11-7-3)71-87(75-83)58-62-98-91-51-35-33-49-89(91)97(61-57-85(69-77)73-81)90-50-34-36-52-92(90)98/h33-40,49-56,65-76H,5-28,41-44H2,1-4H3. The lowest BCUT2D eigenvalue weighted by molar-refractivity contribution is 0.607. The summed E-state index contributed by atoms with van der Waals surface area (Å²) in [4.78, 5) is 0. The molecule has 0 saturated carbocycles. The Morgan fingerprint density at radius 2 is 0.350 bits per heavy atom. The fourth-order valence-electron chi connectivity index (χ4n) is 14.1. The molecule has 0 heteroatoms. The molecule has 0 saturated heterocycles. The number of fused-ring (bicyclic) bond motifs is 14. The van der Waals surface area contributed by atoms with Crippen molar-refractivity contribution < 1.29 is 0 Å². The summed E-state index contributed by atoms with van der Waals surface area (Å²) in [6, 6.07) is 61.3. The molecule has 496 valence electrons. The summed E-state index contributed by atoms with van der Waals surface area (Å²) in [5.41, 5.74) is 16.5. The van der Waals surface area contributed by atoms with E-state index in [1.807, 2.05) is 0 Å². The highest BCUT2D eigenvalue weighted by Gasteiger charge is 2.15. The van der Waals surface area contributed by atoms with Gasteiger partial charge >= 0.3 is 0 Å². The smallest absolute Gasteiger partial charge is 0.0406 e. The van der Waals surface area contributed by atoms with Crippen LogP contribution in [0.2, 0.25) is 0 Å². The molecule has 0 atom stereocenters. The minimum absolute atomic E-state index is 0.922. The number of aryl methyl sites for hydroxylation is 4. The normalized spacial score (nSPS) is 11.3. The van der Waals surface area contributed by atoms with Gasteiger partial charge in [-0.25, -0.2) is 0 Å². The van der Waals surface area contributed by atoms with Gasteiger partial charge < -0.3 is 0 Å². The zero-order chi connectivity index (χ0) is 68.8. The van der Waals surface area contributed by atoms with Gasteiger partial charge in [-0.2, -0.15) is 0 Å². The van der Waals surface area contributed by atoms with Crippen molar-refractivity contribution in [1.82, 2.24) is 0 Å². The van der Waals surface area contributed by atoms with Gasteiger partial charge in [0.25, 0.3) is 0 Å². The molecule has 0 aliphatic heterocycles. The van der Waals surface area contributed by atoms with Crippen LogP contribution < -0.4 is 0 Å². The highest BCUT2D eigenvalue weighted by Crippen LogP contribution is 2.35. The molecule has 0 amide bonds. The van der Waals surface area contributed by atoms with Crippen LogP contribution >= 0.6 is 0 Å². The molecule has 100 heavy (non-hydrogen) atoms. The Morgan fingerprint density at radius 1 is 0.180 bits per heavy atom. The van der Waals surface area contributed by atoms with E-state index >= 15 is 0 Å². The molecule has 0 radical (unpaired) electrons. The second-order valence-electron chi connectivity index (χ2n) is 27.4. The van der Waals surface area contributed by atoms with Gasteiger partial charge in [-0.1, -0.05) is 324 Å². The number of benzene rings is 10. The fraction of sp³-hybridized carbons (Fsp3) is 0.320. The molecule has 12 bridgehead atoms. The van der Waals surface area contributed by atoms with E-state index in [0.717, 1.165) is 161 Å². The number of unbranched alkanes of at least 4 members (excludes halogenated alkanes) is 20. The molecule has 0 nitrogen and oxygen atoms in total. The van der Waals surface area contributed by atoms with Crippen LogP contribution in [0, 0.1) is 94.7 Å². The Bertz CT molecular complexity index is 4320. The van der Waals surface area contributed by atoms with Crippen molar-refractivity contribution in [3.8, 4) is 94.7 Å². The molecule has 0 heterocycles. The second-order valence-corrected chi connectivity index (χ2v) is 27.4. The second kappa shape index (κ2) is 38.2. The molecule has 0 N–H and O–H groups in total. The predicted molar refractivity (Wildman–Crippen MR) is 428 cm³/mol. The molecule has 1 aliphatic carbocycles. The van der Waals surface area contributed by atoms with Crippen molar-refractivity contribution in [2.75, 3.05) is 0 Å². The van der Waals surface area contributed by atoms with Gasteiger partial charge in [-0.05, 0) is 213 Å². The van der Waals surface area contributed by atoms with Crippen molar-refractivity contribution in [3.05, 3.63) is 259 Å². The van der Waals surface area contributed by atoms with Gasteiger partial charge in [0.05, 0.1) is 0 Å². The van der Waals surface area contributed by atoms with E-state index in [1.165, 1.54) is 151 Å². The van der Waals surface area contributed by atoms with Gasteiger partial charge in [0, 0.05) is 66.8 Å². The lowest BCUT2D eigenvalue weighted by atomic mass is 9.91. The number of hydrogen-bond donors (Lipinski definition) is 0. The molecular formula is C100H96. The third kappa shape index (κ3) is 20.4. The molecule has 10 aromatic rings. The lowest BCUT2D eigenvalue weighted by Crippen LogP contribution is -1.93. The molecule has 11 rings (SSSR count). The van der Waals surface area contributed by atoms with Crippen LogP contribution in [-0.2, 0) is 25.7 Å². The molecule has 0 unspecified atom stereocenters. The Kier molecular flexibility index (Phi) is 27.1. The predicted octanol–water partition coefficient (Wildman–Crippen LogP) is 24.6. The van der Waals surface area contributed by atoms with E-state index in [9.17, 15) is 0 Å². The van der Waals surface area contributed by atoms with Crippen molar-refractivity contribution in [2.45, 2.75) is 207 Å². The summed E-state index contributed by atoms with van der Waals surface area (Å²) in [5.74, 6) is 57.0. The Morgan fingerprint density at radius 3 is 0.540 bits per heavy atom. The van der Waals surface area contributed by atoms with Gasteiger partial charge in [-0.3, -0.25) is 0 Å². The zero-order valence-electron chi connectivity index (χ0n) is 60.0. The van der Waals surface area contributed by atoms with E-state index in [0.29, 0.717) is 0 Å². The maximum Gasteiger partial charge on any atom is 0.0406 e.